The quantitative estimate of drug-likeness (QED) is 0.438. The van der Waals surface area contributed by atoms with Crippen LogP contribution in [0.2, 0.25) is 0 Å². The Balaban J connectivity index is 1.83. The van der Waals surface area contributed by atoms with Crippen molar-refractivity contribution >= 4 is 12.3 Å². The van der Waals surface area contributed by atoms with Crippen molar-refractivity contribution in [3.63, 3.8) is 0 Å². The first-order valence-corrected chi connectivity index (χ1v) is 10.1. The molecule has 148 valence electrons. The molecule has 0 aromatic heterocycles. The van der Waals surface area contributed by atoms with Gasteiger partial charge < -0.3 is 14.2 Å². The van der Waals surface area contributed by atoms with Crippen molar-refractivity contribution in [3.8, 4) is 11.5 Å². The summed E-state index contributed by atoms with van der Waals surface area (Å²) in [5.41, 5.74) is -0.105. The lowest BCUT2D eigenvalue weighted by molar-refractivity contribution is -0.169. The molecule has 1 saturated heterocycles. The molecule has 1 saturated carbocycles. The summed E-state index contributed by atoms with van der Waals surface area (Å²) in [6.45, 7) is 7.90. The van der Waals surface area contributed by atoms with E-state index in [2.05, 4.69) is 20.8 Å². The average molecular weight is 382 g/mol. The van der Waals surface area contributed by atoms with Gasteiger partial charge in [-0.05, 0) is 76.3 Å². The zero-order valence-electron chi connectivity index (χ0n) is 16.8. The number of rotatable bonds is 2. The number of allylic oxidation sites excluding steroid dienone is 1. The Bertz CT molecular complexity index is 931. The van der Waals surface area contributed by atoms with Gasteiger partial charge in [0, 0.05) is 18.4 Å². The van der Waals surface area contributed by atoms with Gasteiger partial charge in [0.25, 0.3) is 0 Å². The van der Waals surface area contributed by atoms with Crippen molar-refractivity contribution in [2.24, 2.45) is 11.3 Å². The molecule has 5 nitrogen and oxygen atoms in total. The van der Waals surface area contributed by atoms with E-state index in [1.807, 2.05) is 18.2 Å². The third kappa shape index (κ3) is 1.91. The molecule has 0 N–H and O–H groups in total. The summed E-state index contributed by atoms with van der Waals surface area (Å²) in [6.07, 6.45) is 6.55. The summed E-state index contributed by atoms with van der Waals surface area (Å²) in [6, 6.07) is 5.48. The fraction of sp³-hybridized carbons (Fsp3) is 0.565. The topological polar surface area (TPSA) is 61.8 Å². The van der Waals surface area contributed by atoms with E-state index in [-0.39, 0.29) is 22.6 Å². The molecule has 4 aliphatic rings. The van der Waals surface area contributed by atoms with Gasteiger partial charge in [-0.2, -0.15) is 0 Å². The van der Waals surface area contributed by atoms with Gasteiger partial charge in [0.15, 0.2) is 0 Å². The molecule has 2 aliphatic carbocycles. The lowest BCUT2D eigenvalue weighted by atomic mass is 9.51. The second-order valence-electron chi connectivity index (χ2n) is 9.43. The van der Waals surface area contributed by atoms with Gasteiger partial charge in [0.2, 0.25) is 0 Å². The van der Waals surface area contributed by atoms with Crippen LogP contribution in [0.4, 0.5) is 0 Å². The van der Waals surface area contributed by atoms with Gasteiger partial charge in [0.05, 0.1) is 11.0 Å². The largest absolute Gasteiger partial charge is 0.486 e. The lowest BCUT2D eigenvalue weighted by Gasteiger charge is -2.57. The van der Waals surface area contributed by atoms with Crippen LogP contribution < -0.4 is 9.47 Å². The number of benzene rings is 1. The van der Waals surface area contributed by atoms with Crippen molar-refractivity contribution in [2.75, 3.05) is 0 Å². The first-order chi connectivity index (χ1) is 13.2. The first kappa shape index (κ1) is 17.9. The fourth-order valence-electron chi connectivity index (χ4n) is 6.85. The van der Waals surface area contributed by atoms with E-state index >= 15 is 0 Å². The number of esters is 1. The molecule has 0 bridgehead atoms. The molecule has 4 atom stereocenters. The zero-order valence-corrected chi connectivity index (χ0v) is 16.8. The van der Waals surface area contributed by atoms with Gasteiger partial charge in [-0.3, -0.25) is 9.59 Å². The van der Waals surface area contributed by atoms with Crippen molar-refractivity contribution in [1.82, 2.24) is 0 Å². The number of hydrogen-bond donors (Lipinski definition) is 0. The van der Waals surface area contributed by atoms with E-state index in [1.165, 1.54) is 6.92 Å². The van der Waals surface area contributed by atoms with Crippen LogP contribution in [-0.4, -0.2) is 23.5 Å². The molecule has 5 heteroatoms. The second-order valence-corrected chi connectivity index (χ2v) is 9.43. The van der Waals surface area contributed by atoms with Gasteiger partial charge in [0.1, 0.15) is 29.0 Å². The molecule has 0 unspecified atom stereocenters. The summed E-state index contributed by atoms with van der Waals surface area (Å²) in [4.78, 5) is 23.2. The highest BCUT2D eigenvalue weighted by Crippen LogP contribution is 2.77. The maximum absolute atomic E-state index is 11.7. The monoisotopic (exact) mass is 382 g/mol. The maximum atomic E-state index is 11.7. The van der Waals surface area contributed by atoms with Gasteiger partial charge >= 0.3 is 5.97 Å². The lowest BCUT2D eigenvalue weighted by Crippen LogP contribution is -2.62. The molecule has 0 amide bonds. The summed E-state index contributed by atoms with van der Waals surface area (Å²) < 4.78 is 18.9. The minimum atomic E-state index is -0.759. The number of carbonyl (C=O) groups is 2. The van der Waals surface area contributed by atoms with Crippen LogP contribution in [0.25, 0.3) is 0 Å². The van der Waals surface area contributed by atoms with E-state index in [4.69, 9.17) is 14.2 Å². The number of ether oxygens (including phenoxy) is 3. The number of fused-ring (bicyclic) bond motifs is 1. The maximum Gasteiger partial charge on any atom is 0.308 e. The molecular formula is C23H26O5. The van der Waals surface area contributed by atoms with Gasteiger partial charge in [-0.15, -0.1) is 0 Å². The fourth-order valence-corrected chi connectivity index (χ4v) is 6.85. The SMILES string of the molecule is CC(=O)Oc1ccc2c(c1)[C@@]13C=C(C=O)CC[C@]14[C@@H](CC[C@]4(C)O2)C(C)(C)O3. The molecule has 2 fully saturated rings. The predicted molar refractivity (Wildman–Crippen MR) is 102 cm³/mol. The summed E-state index contributed by atoms with van der Waals surface area (Å²) in [5, 5.41) is 0. The van der Waals surface area contributed by atoms with Crippen molar-refractivity contribution in [1.29, 1.82) is 0 Å². The minimum Gasteiger partial charge on any atom is -0.486 e. The summed E-state index contributed by atoms with van der Waals surface area (Å²) in [7, 11) is 0. The Morgan fingerprint density at radius 3 is 2.75 bits per heavy atom. The normalized spacial score (nSPS) is 39.1. The molecule has 2 aliphatic heterocycles. The van der Waals surface area contributed by atoms with Crippen LogP contribution in [-0.2, 0) is 19.9 Å². The van der Waals surface area contributed by atoms with Gasteiger partial charge in [-0.25, -0.2) is 0 Å². The third-order valence-corrected chi connectivity index (χ3v) is 7.67. The molecule has 28 heavy (non-hydrogen) atoms. The van der Waals surface area contributed by atoms with Crippen LogP contribution in [0.1, 0.15) is 58.9 Å². The van der Waals surface area contributed by atoms with Crippen molar-refractivity contribution in [3.05, 3.63) is 35.4 Å². The van der Waals surface area contributed by atoms with E-state index in [0.29, 0.717) is 11.7 Å². The highest BCUT2D eigenvalue weighted by atomic mass is 16.6. The standard InChI is InChI=1S/C23H26O5/c1-14(25)26-16-5-6-18-17(11-16)23-12-15(13-24)7-10-22(23)19(20(2,3)28-23)8-9-21(22,4)27-18/h5-6,11-13,19H,7-10H2,1-4H3/t19-,21-,22+,23-/m0/s1. The molecule has 0 radical (unpaired) electrons. The van der Waals surface area contributed by atoms with Crippen LogP contribution in [0.15, 0.2) is 29.8 Å². The molecule has 1 aromatic rings. The number of aldehydes is 1. The first-order valence-electron chi connectivity index (χ1n) is 10.1. The van der Waals surface area contributed by atoms with Crippen LogP contribution in [0.5, 0.6) is 11.5 Å². The molecule has 1 spiro atoms. The van der Waals surface area contributed by atoms with Crippen LogP contribution in [0.3, 0.4) is 0 Å². The summed E-state index contributed by atoms with van der Waals surface area (Å²) >= 11 is 0. The minimum absolute atomic E-state index is 0.252. The Morgan fingerprint density at radius 1 is 1.25 bits per heavy atom. The number of hydrogen-bond acceptors (Lipinski definition) is 5. The van der Waals surface area contributed by atoms with Crippen molar-refractivity contribution < 1.29 is 23.8 Å². The smallest absolute Gasteiger partial charge is 0.308 e. The Labute approximate surface area is 165 Å². The molecule has 2 heterocycles. The third-order valence-electron chi connectivity index (χ3n) is 7.67. The molecule has 1 aromatic carbocycles. The van der Waals surface area contributed by atoms with Crippen LogP contribution in [0, 0.1) is 11.3 Å². The van der Waals surface area contributed by atoms with Crippen molar-refractivity contribution in [2.45, 2.75) is 70.2 Å². The van der Waals surface area contributed by atoms with E-state index < -0.39 is 5.60 Å². The zero-order chi connectivity index (χ0) is 19.9. The molecular weight excluding hydrogens is 356 g/mol. The summed E-state index contributed by atoms with van der Waals surface area (Å²) in [5.74, 6) is 1.17. The van der Waals surface area contributed by atoms with Crippen LogP contribution >= 0.6 is 0 Å². The Hall–Kier alpha value is -2.14. The highest BCUT2D eigenvalue weighted by molar-refractivity contribution is 5.75. The average Bonchev–Trinajstić information content (AvgIpc) is 3.04. The number of carbonyl (C=O) groups excluding carboxylic acids is 2. The van der Waals surface area contributed by atoms with E-state index in [9.17, 15) is 9.59 Å². The Morgan fingerprint density at radius 2 is 2.04 bits per heavy atom. The van der Waals surface area contributed by atoms with E-state index in [0.717, 1.165) is 48.9 Å². The predicted octanol–water partition coefficient (Wildman–Crippen LogP) is 4.08. The molecule has 5 rings (SSSR count). The van der Waals surface area contributed by atoms with E-state index in [1.54, 1.807) is 6.07 Å². The highest BCUT2D eigenvalue weighted by Gasteiger charge is 2.79. The van der Waals surface area contributed by atoms with Gasteiger partial charge in [-0.1, -0.05) is 0 Å². The second kappa shape index (κ2) is 5.26. The Kier molecular flexibility index (Phi) is 3.37.